The molecule has 4 aromatic rings. The molecule has 190 valence electrons. The maximum Gasteiger partial charge on any atom is 0.257 e. The van der Waals surface area contributed by atoms with E-state index in [1.807, 2.05) is 18.2 Å². The Hall–Kier alpha value is -2.85. The fourth-order valence-electron chi connectivity index (χ4n) is 4.15. The molecule has 9 heteroatoms. The van der Waals surface area contributed by atoms with Crippen LogP contribution in [0.15, 0.2) is 69.7 Å². The molecule has 36 heavy (non-hydrogen) atoms. The van der Waals surface area contributed by atoms with Crippen LogP contribution in [0.2, 0.25) is 0 Å². The van der Waals surface area contributed by atoms with Crippen molar-refractivity contribution in [2.24, 2.45) is 0 Å². The average molecular weight is 525 g/mol. The highest BCUT2D eigenvalue weighted by atomic mass is 32.2. The third-order valence-electron chi connectivity index (χ3n) is 6.30. The number of nitrogens with zero attached hydrogens (tertiary/aromatic N) is 3. The van der Waals surface area contributed by atoms with Crippen LogP contribution < -0.4 is 5.56 Å². The largest absolute Gasteiger partial charge is 0.321 e. The zero-order chi connectivity index (χ0) is 25.7. The minimum Gasteiger partial charge on any atom is -0.321 e. The molecule has 0 aliphatic heterocycles. The SMILES string of the molecule is CCN(CC)CCN(C)Cc1ccc2cc(-c3csc(CS(=O)(=O)c4ccccc4)n3)c(=O)[nH]c2c1. The van der Waals surface area contributed by atoms with Gasteiger partial charge in [-0.05, 0) is 55.4 Å². The van der Waals surface area contributed by atoms with Crippen molar-refractivity contribution >= 4 is 32.1 Å². The van der Waals surface area contributed by atoms with Crippen LogP contribution in [0.25, 0.3) is 22.2 Å². The number of fused-ring (bicyclic) bond motifs is 1. The molecule has 0 aliphatic carbocycles. The third kappa shape index (κ3) is 6.28. The molecule has 0 spiro atoms. The molecular weight excluding hydrogens is 492 g/mol. The standard InChI is InChI=1S/C27H32N4O3S2/c1-4-31(5-2)14-13-30(3)17-20-11-12-21-16-23(27(32)29-24(21)15-20)25-18-35-26(28-25)19-36(33,34)22-9-7-6-8-10-22/h6-12,15-16,18H,4-5,13-14,17,19H2,1-3H3,(H,29,32). The van der Waals surface area contributed by atoms with E-state index in [9.17, 15) is 13.2 Å². The van der Waals surface area contributed by atoms with Crippen LogP contribution in [0.3, 0.4) is 0 Å². The minimum absolute atomic E-state index is 0.196. The second-order valence-electron chi connectivity index (χ2n) is 8.90. The molecule has 7 nitrogen and oxygen atoms in total. The summed E-state index contributed by atoms with van der Waals surface area (Å²) in [5.41, 5.74) is 2.60. The summed E-state index contributed by atoms with van der Waals surface area (Å²) in [6.45, 7) is 9.25. The van der Waals surface area contributed by atoms with E-state index in [4.69, 9.17) is 0 Å². The normalized spacial score (nSPS) is 12.1. The van der Waals surface area contributed by atoms with Gasteiger partial charge in [-0.1, -0.05) is 44.2 Å². The monoisotopic (exact) mass is 524 g/mol. The molecule has 0 bridgehead atoms. The molecular formula is C27H32N4O3S2. The van der Waals surface area contributed by atoms with Crippen molar-refractivity contribution in [1.82, 2.24) is 19.8 Å². The van der Waals surface area contributed by atoms with Crippen molar-refractivity contribution in [2.75, 3.05) is 33.2 Å². The molecule has 0 saturated carbocycles. The smallest absolute Gasteiger partial charge is 0.257 e. The number of sulfone groups is 1. The molecule has 1 N–H and O–H groups in total. The van der Waals surface area contributed by atoms with Crippen LogP contribution in [0.5, 0.6) is 0 Å². The number of hydrogen-bond donors (Lipinski definition) is 1. The molecule has 0 fully saturated rings. The summed E-state index contributed by atoms with van der Waals surface area (Å²) >= 11 is 1.25. The minimum atomic E-state index is -3.50. The van der Waals surface area contributed by atoms with Gasteiger partial charge in [0.15, 0.2) is 9.84 Å². The lowest BCUT2D eigenvalue weighted by Crippen LogP contribution is -2.32. The van der Waals surface area contributed by atoms with E-state index >= 15 is 0 Å². The average Bonchev–Trinajstić information content (AvgIpc) is 3.32. The van der Waals surface area contributed by atoms with Gasteiger partial charge in [0.2, 0.25) is 0 Å². The van der Waals surface area contributed by atoms with Crippen molar-refractivity contribution in [1.29, 1.82) is 0 Å². The number of aromatic nitrogens is 2. The van der Waals surface area contributed by atoms with Gasteiger partial charge in [-0.15, -0.1) is 11.3 Å². The number of pyridine rings is 1. The van der Waals surface area contributed by atoms with Crippen molar-refractivity contribution in [2.45, 2.75) is 31.0 Å². The van der Waals surface area contributed by atoms with Crippen LogP contribution in [0, 0.1) is 0 Å². The van der Waals surface area contributed by atoms with Gasteiger partial charge in [0, 0.05) is 30.5 Å². The second kappa shape index (κ2) is 11.5. The summed E-state index contributed by atoms with van der Waals surface area (Å²) in [4.78, 5) is 25.3. The molecule has 2 aromatic carbocycles. The van der Waals surface area contributed by atoms with Gasteiger partial charge >= 0.3 is 0 Å². The number of likely N-dealkylation sites (N-methyl/N-ethyl adjacent to an activating group) is 2. The molecule has 0 aliphatic rings. The van der Waals surface area contributed by atoms with Crippen LogP contribution in [0.1, 0.15) is 24.4 Å². The van der Waals surface area contributed by atoms with E-state index in [1.54, 1.807) is 35.7 Å². The lowest BCUT2D eigenvalue weighted by atomic mass is 10.1. The van der Waals surface area contributed by atoms with Gasteiger partial charge in [-0.25, -0.2) is 13.4 Å². The van der Waals surface area contributed by atoms with E-state index in [0.717, 1.165) is 49.2 Å². The lowest BCUT2D eigenvalue weighted by Gasteiger charge is -2.23. The van der Waals surface area contributed by atoms with Gasteiger partial charge in [-0.3, -0.25) is 4.79 Å². The molecule has 0 atom stereocenters. The summed E-state index contributed by atoms with van der Waals surface area (Å²) in [5, 5.41) is 3.10. The Morgan fingerprint density at radius 1 is 1.00 bits per heavy atom. The first-order chi connectivity index (χ1) is 17.3. The third-order valence-corrected chi connectivity index (χ3v) is 8.97. The molecule has 0 amide bonds. The highest BCUT2D eigenvalue weighted by molar-refractivity contribution is 7.90. The molecule has 0 saturated heterocycles. The first kappa shape index (κ1) is 26.2. The fraction of sp³-hybridized carbons (Fsp3) is 0.333. The molecule has 4 rings (SSSR count). The number of hydrogen-bond acceptors (Lipinski definition) is 7. The first-order valence-corrected chi connectivity index (χ1v) is 14.6. The zero-order valence-electron chi connectivity index (χ0n) is 20.9. The predicted molar refractivity (Wildman–Crippen MR) is 147 cm³/mol. The Kier molecular flexibility index (Phi) is 8.35. The van der Waals surface area contributed by atoms with Gasteiger partial charge < -0.3 is 14.8 Å². The van der Waals surface area contributed by atoms with E-state index < -0.39 is 9.84 Å². The van der Waals surface area contributed by atoms with Crippen molar-refractivity contribution in [3.05, 3.63) is 80.9 Å². The maximum absolute atomic E-state index is 12.9. The second-order valence-corrected chi connectivity index (χ2v) is 11.8. The van der Waals surface area contributed by atoms with Gasteiger partial charge in [0.1, 0.15) is 10.8 Å². The van der Waals surface area contributed by atoms with E-state index in [0.29, 0.717) is 16.3 Å². The Balaban J connectivity index is 1.50. The number of nitrogens with one attached hydrogen (secondary N) is 1. The Labute approximate surface area is 216 Å². The van der Waals surface area contributed by atoms with E-state index in [-0.39, 0.29) is 16.2 Å². The summed E-state index contributed by atoms with van der Waals surface area (Å²) < 4.78 is 25.4. The predicted octanol–water partition coefficient (Wildman–Crippen LogP) is 4.40. The van der Waals surface area contributed by atoms with Crippen molar-refractivity contribution in [3.63, 3.8) is 0 Å². The Morgan fingerprint density at radius 3 is 2.47 bits per heavy atom. The van der Waals surface area contributed by atoms with E-state index in [2.05, 4.69) is 46.7 Å². The van der Waals surface area contributed by atoms with Gasteiger partial charge in [0.05, 0.1) is 16.2 Å². The first-order valence-electron chi connectivity index (χ1n) is 12.1. The highest BCUT2D eigenvalue weighted by Crippen LogP contribution is 2.25. The van der Waals surface area contributed by atoms with Crippen LogP contribution >= 0.6 is 11.3 Å². The van der Waals surface area contributed by atoms with Crippen LogP contribution in [0.4, 0.5) is 0 Å². The quantitative estimate of drug-likeness (QED) is 0.313. The highest BCUT2D eigenvalue weighted by Gasteiger charge is 2.18. The zero-order valence-corrected chi connectivity index (χ0v) is 22.5. The molecule has 0 unspecified atom stereocenters. The number of thiazole rings is 1. The summed E-state index contributed by atoms with van der Waals surface area (Å²) in [5.74, 6) is -0.196. The molecule has 2 heterocycles. The number of rotatable bonds is 11. The van der Waals surface area contributed by atoms with E-state index in [1.165, 1.54) is 11.3 Å². The number of H-pyrrole nitrogens is 1. The van der Waals surface area contributed by atoms with Gasteiger partial charge in [-0.2, -0.15) is 0 Å². The van der Waals surface area contributed by atoms with Crippen molar-refractivity contribution < 1.29 is 8.42 Å². The fourth-order valence-corrected chi connectivity index (χ4v) is 6.60. The van der Waals surface area contributed by atoms with Crippen LogP contribution in [-0.4, -0.2) is 61.4 Å². The molecule has 2 aromatic heterocycles. The van der Waals surface area contributed by atoms with Gasteiger partial charge in [0.25, 0.3) is 5.56 Å². The van der Waals surface area contributed by atoms with Crippen molar-refractivity contribution in [3.8, 4) is 11.3 Å². The number of aromatic amines is 1. The molecule has 0 radical (unpaired) electrons. The summed E-state index contributed by atoms with van der Waals surface area (Å²) in [7, 11) is -1.39. The summed E-state index contributed by atoms with van der Waals surface area (Å²) in [6, 6.07) is 16.3. The lowest BCUT2D eigenvalue weighted by molar-refractivity contribution is 0.236. The Bertz CT molecular complexity index is 1480. The Morgan fingerprint density at radius 2 is 1.75 bits per heavy atom. The summed E-state index contributed by atoms with van der Waals surface area (Å²) in [6.07, 6.45) is 0. The van der Waals surface area contributed by atoms with Crippen LogP contribution in [-0.2, 0) is 22.1 Å². The number of benzene rings is 2. The maximum atomic E-state index is 12.9. The topological polar surface area (TPSA) is 86.4 Å².